The van der Waals surface area contributed by atoms with Crippen LogP contribution in [0.15, 0.2) is 35.1 Å². The summed E-state index contributed by atoms with van der Waals surface area (Å²) >= 11 is 0. The fourth-order valence-corrected chi connectivity index (χ4v) is 3.81. The molecule has 26 heavy (non-hydrogen) atoms. The van der Waals surface area contributed by atoms with Gasteiger partial charge in [-0.15, -0.1) is 0 Å². The Morgan fingerprint density at radius 2 is 2.19 bits per heavy atom. The molecule has 2 aromatic rings. The van der Waals surface area contributed by atoms with Crippen LogP contribution in [0, 0.1) is 6.92 Å². The van der Waals surface area contributed by atoms with Crippen molar-refractivity contribution in [3.8, 4) is 0 Å². The summed E-state index contributed by atoms with van der Waals surface area (Å²) < 4.78 is 11.5. The van der Waals surface area contributed by atoms with Crippen LogP contribution in [-0.4, -0.2) is 47.2 Å². The van der Waals surface area contributed by atoms with Crippen LogP contribution in [0.25, 0.3) is 0 Å². The fraction of sp³-hybridized carbons (Fsp3) is 0.526. The third-order valence-electron chi connectivity index (χ3n) is 5.31. The number of nitrogens with one attached hydrogen (secondary N) is 1. The van der Waals surface area contributed by atoms with E-state index < -0.39 is 0 Å². The van der Waals surface area contributed by atoms with Gasteiger partial charge < -0.3 is 19.4 Å². The van der Waals surface area contributed by atoms with Gasteiger partial charge in [-0.1, -0.05) is 0 Å². The average molecular weight is 356 g/mol. The van der Waals surface area contributed by atoms with Crippen LogP contribution >= 0.6 is 0 Å². The minimum atomic E-state index is -0.189. The predicted octanol–water partition coefficient (Wildman–Crippen LogP) is 2.33. The molecule has 2 saturated heterocycles. The summed E-state index contributed by atoms with van der Waals surface area (Å²) in [7, 11) is 0. The van der Waals surface area contributed by atoms with E-state index in [9.17, 15) is 4.79 Å². The second kappa shape index (κ2) is 7.07. The predicted molar refractivity (Wildman–Crippen MR) is 96.1 cm³/mol. The topological polar surface area (TPSA) is 80.5 Å². The molecule has 1 N–H and O–H groups in total. The van der Waals surface area contributed by atoms with E-state index >= 15 is 0 Å². The molecular formula is C19H24N4O3. The molecule has 0 radical (unpaired) electrons. The van der Waals surface area contributed by atoms with E-state index in [1.807, 2.05) is 19.2 Å². The van der Waals surface area contributed by atoms with Crippen molar-refractivity contribution >= 4 is 11.9 Å². The first-order chi connectivity index (χ1) is 12.6. The van der Waals surface area contributed by atoms with Crippen LogP contribution in [0.5, 0.6) is 0 Å². The Morgan fingerprint density at radius 3 is 2.92 bits per heavy atom. The van der Waals surface area contributed by atoms with Crippen LogP contribution in [-0.2, 0) is 4.74 Å². The van der Waals surface area contributed by atoms with Gasteiger partial charge in [0, 0.05) is 31.5 Å². The first kappa shape index (κ1) is 17.0. The fourth-order valence-electron chi connectivity index (χ4n) is 3.81. The van der Waals surface area contributed by atoms with Gasteiger partial charge in [0.1, 0.15) is 0 Å². The van der Waals surface area contributed by atoms with Gasteiger partial charge in [-0.3, -0.25) is 4.79 Å². The number of hydrogen-bond acceptors (Lipinski definition) is 6. The third kappa shape index (κ3) is 3.58. The van der Waals surface area contributed by atoms with E-state index in [0.29, 0.717) is 12.3 Å². The van der Waals surface area contributed by atoms with Crippen LogP contribution < -0.4 is 10.2 Å². The number of amides is 1. The Balaban J connectivity index is 1.28. The summed E-state index contributed by atoms with van der Waals surface area (Å²) in [6, 6.07) is 5.29. The minimum Gasteiger partial charge on any atom is -0.459 e. The van der Waals surface area contributed by atoms with Gasteiger partial charge in [0.2, 0.25) is 5.95 Å². The number of carbonyl (C=O) groups is 1. The maximum atomic E-state index is 12.0. The summed E-state index contributed by atoms with van der Waals surface area (Å²) in [6.07, 6.45) is 7.32. The molecule has 1 amide bonds. The zero-order valence-electron chi connectivity index (χ0n) is 15.0. The maximum absolute atomic E-state index is 12.0. The molecule has 2 fully saturated rings. The zero-order chi connectivity index (χ0) is 18.0. The van der Waals surface area contributed by atoms with E-state index in [4.69, 9.17) is 9.15 Å². The number of furan rings is 1. The maximum Gasteiger partial charge on any atom is 0.287 e. The SMILES string of the molecule is Cc1ccnc(N2CCC3(CCC(CNC(=O)c4ccco4)O3)CC2)n1. The van der Waals surface area contributed by atoms with Crippen molar-refractivity contribution in [2.45, 2.75) is 44.3 Å². The lowest BCUT2D eigenvalue weighted by molar-refractivity contribution is -0.0543. The Morgan fingerprint density at radius 1 is 1.35 bits per heavy atom. The van der Waals surface area contributed by atoms with Gasteiger partial charge in [-0.25, -0.2) is 9.97 Å². The van der Waals surface area contributed by atoms with Crippen molar-refractivity contribution < 1.29 is 13.9 Å². The van der Waals surface area contributed by atoms with E-state index in [1.165, 1.54) is 6.26 Å². The molecule has 2 aliphatic rings. The number of carbonyl (C=O) groups excluding carboxylic acids is 1. The molecule has 0 aromatic carbocycles. The monoisotopic (exact) mass is 356 g/mol. The molecule has 4 rings (SSSR count). The number of nitrogens with zero attached hydrogens (tertiary/aromatic N) is 3. The molecular weight excluding hydrogens is 332 g/mol. The molecule has 2 aliphatic heterocycles. The number of piperidine rings is 1. The van der Waals surface area contributed by atoms with Gasteiger partial charge in [-0.2, -0.15) is 0 Å². The van der Waals surface area contributed by atoms with E-state index in [0.717, 1.165) is 50.4 Å². The van der Waals surface area contributed by atoms with Gasteiger partial charge in [0.25, 0.3) is 5.91 Å². The second-order valence-corrected chi connectivity index (χ2v) is 7.13. The zero-order valence-corrected chi connectivity index (χ0v) is 15.0. The third-order valence-corrected chi connectivity index (χ3v) is 5.31. The Hall–Kier alpha value is -2.41. The van der Waals surface area contributed by atoms with E-state index in [-0.39, 0.29) is 17.6 Å². The van der Waals surface area contributed by atoms with E-state index in [2.05, 4.69) is 20.2 Å². The van der Waals surface area contributed by atoms with Crippen LogP contribution in [0.4, 0.5) is 5.95 Å². The number of ether oxygens (including phenoxy) is 1. The highest BCUT2D eigenvalue weighted by atomic mass is 16.5. The lowest BCUT2D eigenvalue weighted by Gasteiger charge is -2.39. The number of hydrogen-bond donors (Lipinski definition) is 1. The van der Waals surface area contributed by atoms with Crippen LogP contribution in [0.1, 0.15) is 41.9 Å². The summed E-state index contributed by atoms with van der Waals surface area (Å²) in [4.78, 5) is 23.1. The van der Waals surface area contributed by atoms with Gasteiger partial charge in [-0.05, 0) is 50.8 Å². The molecule has 0 aliphatic carbocycles. The van der Waals surface area contributed by atoms with Crippen molar-refractivity contribution in [2.75, 3.05) is 24.5 Å². The lowest BCUT2D eigenvalue weighted by atomic mass is 9.88. The first-order valence-electron chi connectivity index (χ1n) is 9.18. The highest BCUT2D eigenvalue weighted by Crippen LogP contribution is 2.39. The number of anilines is 1. The largest absolute Gasteiger partial charge is 0.459 e. The molecule has 1 spiro atoms. The summed E-state index contributed by atoms with van der Waals surface area (Å²) in [5, 5.41) is 2.90. The molecule has 138 valence electrons. The number of rotatable bonds is 4. The summed E-state index contributed by atoms with van der Waals surface area (Å²) in [5.41, 5.74) is 0.917. The van der Waals surface area contributed by atoms with Gasteiger partial charge in [0.05, 0.1) is 18.0 Å². The van der Waals surface area contributed by atoms with E-state index in [1.54, 1.807) is 12.1 Å². The molecule has 1 unspecified atom stereocenters. The molecule has 0 bridgehead atoms. The molecule has 1 atom stereocenters. The number of aryl methyl sites for hydroxylation is 1. The molecule has 4 heterocycles. The smallest absolute Gasteiger partial charge is 0.287 e. The van der Waals surface area contributed by atoms with Crippen molar-refractivity contribution in [1.29, 1.82) is 0 Å². The lowest BCUT2D eigenvalue weighted by Crippen LogP contribution is -2.45. The quantitative estimate of drug-likeness (QED) is 0.906. The Labute approximate surface area is 152 Å². The molecule has 0 saturated carbocycles. The first-order valence-corrected chi connectivity index (χ1v) is 9.18. The van der Waals surface area contributed by atoms with Crippen LogP contribution in [0.3, 0.4) is 0 Å². The van der Waals surface area contributed by atoms with Gasteiger partial charge >= 0.3 is 0 Å². The Kier molecular flexibility index (Phi) is 4.63. The Bertz CT molecular complexity index is 754. The highest BCUT2D eigenvalue weighted by molar-refractivity contribution is 5.91. The normalized spacial score (nSPS) is 21.9. The average Bonchev–Trinajstić information content (AvgIpc) is 3.31. The van der Waals surface area contributed by atoms with Crippen molar-refractivity contribution in [3.05, 3.63) is 42.1 Å². The minimum absolute atomic E-state index is 0.0654. The summed E-state index contributed by atoms with van der Waals surface area (Å²) in [6.45, 7) is 4.30. The molecule has 7 nitrogen and oxygen atoms in total. The number of aromatic nitrogens is 2. The summed E-state index contributed by atoms with van der Waals surface area (Å²) in [5.74, 6) is 0.954. The second-order valence-electron chi connectivity index (χ2n) is 7.13. The highest BCUT2D eigenvalue weighted by Gasteiger charge is 2.42. The van der Waals surface area contributed by atoms with Crippen LogP contribution in [0.2, 0.25) is 0 Å². The van der Waals surface area contributed by atoms with Crippen molar-refractivity contribution in [1.82, 2.24) is 15.3 Å². The standard InChI is InChI=1S/C19H24N4O3/c1-14-5-9-20-18(22-14)23-10-7-19(8-11-23)6-4-15(26-19)13-21-17(24)16-3-2-12-25-16/h2-3,5,9,12,15H,4,6-8,10-11,13H2,1H3,(H,21,24). The van der Waals surface area contributed by atoms with Gasteiger partial charge in [0.15, 0.2) is 5.76 Å². The van der Waals surface area contributed by atoms with Crippen molar-refractivity contribution in [3.63, 3.8) is 0 Å². The van der Waals surface area contributed by atoms with Crippen molar-refractivity contribution in [2.24, 2.45) is 0 Å². The molecule has 2 aromatic heterocycles. The molecule has 7 heteroatoms.